The van der Waals surface area contributed by atoms with Crippen LogP contribution in [-0.4, -0.2) is 9.55 Å². The highest BCUT2D eigenvalue weighted by molar-refractivity contribution is 7.26. The van der Waals surface area contributed by atoms with Gasteiger partial charge in [-0.05, 0) is 110 Å². The summed E-state index contributed by atoms with van der Waals surface area (Å²) in [6.45, 7) is 0. The van der Waals surface area contributed by atoms with Crippen LogP contribution >= 0.6 is 11.3 Å². The largest absolute Gasteiger partial charge is 0.399 e. The number of nitrogens with two attached hydrogens (primary N) is 1. The molecule has 1 atom stereocenters. The highest BCUT2D eigenvalue weighted by Gasteiger charge is 2.52. The van der Waals surface area contributed by atoms with E-state index in [0.29, 0.717) is 0 Å². The minimum absolute atomic E-state index is 0.504. The Balaban J connectivity index is 1.19. The van der Waals surface area contributed by atoms with E-state index in [2.05, 4.69) is 168 Å². The monoisotopic (exact) mass is 705 g/mol. The van der Waals surface area contributed by atoms with E-state index >= 15 is 0 Å². The molecule has 8 aromatic carbocycles. The van der Waals surface area contributed by atoms with Crippen LogP contribution in [-0.2, 0) is 5.41 Å². The fraction of sp³-hybridized carbons (Fsp3) is 0.0200. The third kappa shape index (κ3) is 3.82. The lowest BCUT2D eigenvalue weighted by molar-refractivity contribution is 0.794. The molecule has 1 spiro atoms. The number of aromatic nitrogens is 2. The van der Waals surface area contributed by atoms with Crippen molar-refractivity contribution >= 4 is 48.2 Å². The van der Waals surface area contributed by atoms with Gasteiger partial charge in [0.2, 0.25) is 0 Å². The van der Waals surface area contributed by atoms with E-state index in [1.54, 1.807) is 0 Å². The van der Waals surface area contributed by atoms with Crippen LogP contribution in [0.15, 0.2) is 176 Å². The first-order chi connectivity index (χ1) is 26.7. The predicted octanol–water partition coefficient (Wildman–Crippen LogP) is 12.7. The molecule has 3 nitrogen and oxygen atoms in total. The average Bonchev–Trinajstić information content (AvgIpc) is 3.96. The maximum Gasteiger partial charge on any atom is 0.145 e. The number of para-hydroxylation sites is 3. The van der Waals surface area contributed by atoms with Crippen molar-refractivity contribution in [2.75, 3.05) is 5.73 Å². The number of anilines is 1. The predicted molar refractivity (Wildman–Crippen MR) is 226 cm³/mol. The number of benzene rings is 8. The van der Waals surface area contributed by atoms with Gasteiger partial charge in [0.1, 0.15) is 5.82 Å². The Kier molecular flexibility index (Phi) is 6.01. The Bertz CT molecular complexity index is 3170. The number of imidazole rings is 1. The molecule has 0 radical (unpaired) electrons. The standard InChI is InChI=1S/C50H31N3S/c51-32-24-21-30(22-25-32)34-15-10-20-44-47(34)48-45(54-44)28-27-40-46(48)37-14-5-7-17-39(37)50(40)38-16-6-4-13-35(38)36-26-23-31(29-41(36)50)49-52-42-18-8-9-19-43(42)53(49)33-11-2-1-3-12-33/h1-29H,51H2. The van der Waals surface area contributed by atoms with E-state index in [1.165, 1.54) is 75.8 Å². The minimum Gasteiger partial charge on any atom is -0.399 e. The lowest BCUT2D eigenvalue weighted by atomic mass is 9.70. The van der Waals surface area contributed by atoms with Gasteiger partial charge in [-0.3, -0.25) is 4.57 Å². The third-order valence-corrected chi connectivity index (χ3v) is 12.9. The molecule has 1 unspecified atom stereocenters. The van der Waals surface area contributed by atoms with Gasteiger partial charge in [0.15, 0.2) is 0 Å². The van der Waals surface area contributed by atoms with Crippen molar-refractivity contribution in [3.63, 3.8) is 0 Å². The molecular weight excluding hydrogens is 675 g/mol. The molecule has 10 aromatic rings. The molecule has 0 aliphatic heterocycles. The van der Waals surface area contributed by atoms with Gasteiger partial charge in [0.25, 0.3) is 0 Å². The quantitative estimate of drug-likeness (QED) is 0.186. The van der Waals surface area contributed by atoms with Gasteiger partial charge in [-0.15, -0.1) is 11.3 Å². The first-order valence-corrected chi connectivity index (χ1v) is 19.2. The molecule has 0 fully saturated rings. The molecule has 4 heteroatoms. The van der Waals surface area contributed by atoms with Crippen molar-refractivity contribution in [2.45, 2.75) is 5.41 Å². The number of fused-ring (bicyclic) bond motifs is 15. The molecule has 2 heterocycles. The zero-order chi connectivity index (χ0) is 35.5. The lowest BCUT2D eigenvalue weighted by Crippen LogP contribution is -2.25. The summed E-state index contributed by atoms with van der Waals surface area (Å²) < 4.78 is 4.90. The molecule has 12 rings (SSSR count). The van der Waals surface area contributed by atoms with Crippen molar-refractivity contribution in [1.29, 1.82) is 0 Å². The van der Waals surface area contributed by atoms with Crippen LogP contribution in [0.1, 0.15) is 22.3 Å². The number of rotatable bonds is 3. The Morgan fingerprint density at radius 3 is 2.00 bits per heavy atom. The van der Waals surface area contributed by atoms with E-state index in [1.807, 2.05) is 23.5 Å². The van der Waals surface area contributed by atoms with Crippen molar-refractivity contribution < 1.29 is 0 Å². The lowest BCUT2D eigenvalue weighted by Gasteiger charge is -2.30. The molecule has 0 saturated carbocycles. The van der Waals surface area contributed by atoms with E-state index < -0.39 is 5.41 Å². The summed E-state index contributed by atoms with van der Waals surface area (Å²) in [7, 11) is 0. The van der Waals surface area contributed by atoms with Crippen molar-refractivity contribution in [3.05, 3.63) is 198 Å². The second-order valence-electron chi connectivity index (χ2n) is 14.5. The van der Waals surface area contributed by atoms with Crippen LogP contribution in [0.4, 0.5) is 5.69 Å². The van der Waals surface area contributed by atoms with Gasteiger partial charge in [-0.1, -0.05) is 121 Å². The summed E-state index contributed by atoms with van der Waals surface area (Å²) in [5, 5.41) is 2.64. The van der Waals surface area contributed by atoms with Gasteiger partial charge in [0.05, 0.1) is 16.4 Å². The SMILES string of the molecule is Nc1ccc(-c2cccc3sc4ccc5c(c4c23)-c2ccccc2C52c3ccccc3-c3ccc(-c4nc5ccccc5n4-c4ccccc4)cc32)cc1. The van der Waals surface area contributed by atoms with Gasteiger partial charge in [0, 0.05) is 37.1 Å². The van der Waals surface area contributed by atoms with Crippen LogP contribution in [0.25, 0.3) is 81.7 Å². The summed E-state index contributed by atoms with van der Waals surface area (Å²) in [5.74, 6) is 0.940. The highest BCUT2D eigenvalue weighted by atomic mass is 32.1. The van der Waals surface area contributed by atoms with E-state index in [9.17, 15) is 0 Å². The van der Waals surface area contributed by atoms with Gasteiger partial charge >= 0.3 is 0 Å². The molecule has 2 aliphatic carbocycles. The maximum atomic E-state index is 6.16. The summed E-state index contributed by atoms with van der Waals surface area (Å²) in [6.07, 6.45) is 0. The summed E-state index contributed by atoms with van der Waals surface area (Å²) in [4.78, 5) is 5.31. The molecule has 2 aromatic heterocycles. The molecule has 0 saturated heterocycles. The highest BCUT2D eigenvalue weighted by Crippen LogP contribution is 2.65. The molecule has 252 valence electrons. The van der Waals surface area contributed by atoms with Gasteiger partial charge in [-0.2, -0.15) is 0 Å². The number of hydrogen-bond acceptors (Lipinski definition) is 3. The van der Waals surface area contributed by atoms with E-state index in [0.717, 1.165) is 33.8 Å². The van der Waals surface area contributed by atoms with Gasteiger partial charge < -0.3 is 5.73 Å². The Morgan fingerprint density at radius 2 is 1.15 bits per heavy atom. The Labute approximate surface area is 316 Å². The van der Waals surface area contributed by atoms with Crippen molar-refractivity contribution in [3.8, 4) is 50.5 Å². The molecule has 2 aliphatic rings. The Hall–Kier alpha value is -6.75. The van der Waals surface area contributed by atoms with Crippen molar-refractivity contribution in [1.82, 2.24) is 9.55 Å². The zero-order valence-electron chi connectivity index (χ0n) is 29.1. The summed E-state index contributed by atoms with van der Waals surface area (Å²) in [6, 6.07) is 64.1. The maximum absolute atomic E-state index is 6.16. The van der Waals surface area contributed by atoms with E-state index in [-0.39, 0.29) is 0 Å². The molecular formula is C50H31N3S. The number of hydrogen-bond donors (Lipinski definition) is 1. The van der Waals surface area contributed by atoms with Crippen LogP contribution in [0, 0.1) is 0 Å². The van der Waals surface area contributed by atoms with Crippen molar-refractivity contribution in [2.24, 2.45) is 0 Å². The topological polar surface area (TPSA) is 43.8 Å². The first kappa shape index (κ1) is 29.8. The summed E-state index contributed by atoms with van der Waals surface area (Å²) >= 11 is 1.88. The van der Waals surface area contributed by atoms with Crippen LogP contribution in [0.2, 0.25) is 0 Å². The molecule has 54 heavy (non-hydrogen) atoms. The molecule has 0 amide bonds. The van der Waals surface area contributed by atoms with E-state index in [4.69, 9.17) is 10.7 Å². The van der Waals surface area contributed by atoms with Crippen LogP contribution in [0.5, 0.6) is 0 Å². The second kappa shape index (κ2) is 10.9. The van der Waals surface area contributed by atoms with Crippen LogP contribution < -0.4 is 5.73 Å². The fourth-order valence-corrected chi connectivity index (χ4v) is 10.8. The molecule has 2 N–H and O–H groups in total. The third-order valence-electron chi connectivity index (χ3n) is 11.8. The number of thiophene rings is 1. The Morgan fingerprint density at radius 1 is 0.481 bits per heavy atom. The smallest absolute Gasteiger partial charge is 0.145 e. The van der Waals surface area contributed by atoms with Gasteiger partial charge in [-0.25, -0.2) is 4.98 Å². The first-order valence-electron chi connectivity index (χ1n) is 18.4. The average molecular weight is 706 g/mol. The zero-order valence-corrected chi connectivity index (χ0v) is 29.9. The summed E-state index contributed by atoms with van der Waals surface area (Å²) in [5.41, 5.74) is 23.6. The van der Waals surface area contributed by atoms with Crippen LogP contribution in [0.3, 0.4) is 0 Å². The number of nitrogen functional groups attached to an aromatic ring is 1. The second-order valence-corrected chi connectivity index (χ2v) is 15.5. The normalized spacial score (nSPS) is 15.2. The fourth-order valence-electron chi connectivity index (χ4n) is 9.63. The number of nitrogens with zero attached hydrogens (tertiary/aromatic N) is 2. The molecule has 0 bridgehead atoms. The minimum atomic E-state index is -0.504.